The van der Waals surface area contributed by atoms with Gasteiger partial charge in [0.25, 0.3) is 0 Å². The molecule has 1 amide bonds. The molecule has 1 aromatic rings. The van der Waals surface area contributed by atoms with Gasteiger partial charge in [-0.25, -0.2) is 0 Å². The van der Waals surface area contributed by atoms with Gasteiger partial charge in [0, 0.05) is 17.8 Å². The summed E-state index contributed by atoms with van der Waals surface area (Å²) in [7, 11) is 0. The second-order valence-corrected chi connectivity index (χ2v) is 7.61. The molecule has 1 aliphatic carbocycles. The van der Waals surface area contributed by atoms with Crippen LogP contribution in [0.4, 0.5) is 11.4 Å². The number of amides is 1. The molecule has 2 rings (SSSR count). The molecule has 1 fully saturated rings. The second-order valence-electron chi connectivity index (χ2n) is 7.61. The molecule has 0 spiro atoms. The molecule has 2 unspecified atom stereocenters. The van der Waals surface area contributed by atoms with Gasteiger partial charge in [-0.3, -0.25) is 4.79 Å². The van der Waals surface area contributed by atoms with Crippen LogP contribution in [0.2, 0.25) is 0 Å². The van der Waals surface area contributed by atoms with Gasteiger partial charge in [0.15, 0.2) is 0 Å². The maximum Gasteiger partial charge on any atom is 0.224 e. The number of carbonyl (C=O) groups is 1. The van der Waals surface area contributed by atoms with E-state index >= 15 is 0 Å². The second kappa shape index (κ2) is 7.36. The first-order valence-electron chi connectivity index (χ1n) is 7.91. The zero-order chi connectivity index (χ0) is 15.6. The first kappa shape index (κ1) is 18.8. The largest absolute Gasteiger partial charge is 0.399 e. The highest BCUT2D eigenvalue weighted by Crippen LogP contribution is 2.42. The molecule has 124 valence electrons. The third-order valence-electron chi connectivity index (χ3n) is 4.49. The summed E-state index contributed by atoms with van der Waals surface area (Å²) in [5, 5.41) is 3.02. The minimum Gasteiger partial charge on any atom is -0.399 e. The van der Waals surface area contributed by atoms with Crippen molar-refractivity contribution in [3.63, 3.8) is 0 Å². The minimum absolute atomic E-state index is 0. The van der Waals surface area contributed by atoms with Gasteiger partial charge in [0.05, 0.1) is 0 Å². The van der Waals surface area contributed by atoms with E-state index in [1.54, 1.807) is 0 Å². The maximum atomic E-state index is 12.3. The smallest absolute Gasteiger partial charge is 0.224 e. The molecule has 0 aromatic heterocycles. The quantitative estimate of drug-likeness (QED) is 0.785. The lowest BCUT2D eigenvalue weighted by atomic mass is 9.67. The van der Waals surface area contributed by atoms with Crippen molar-refractivity contribution in [1.82, 2.24) is 0 Å². The number of aryl methyl sites for hydroxylation is 1. The summed E-state index contributed by atoms with van der Waals surface area (Å²) in [6, 6.07) is 5.63. The molecule has 0 heterocycles. The number of hydrogen-bond acceptors (Lipinski definition) is 2. The third kappa shape index (κ3) is 5.20. The zero-order valence-corrected chi connectivity index (χ0v) is 14.9. The van der Waals surface area contributed by atoms with Gasteiger partial charge in [-0.15, -0.1) is 12.4 Å². The van der Waals surface area contributed by atoms with Crippen LogP contribution in [-0.4, -0.2) is 5.91 Å². The van der Waals surface area contributed by atoms with Crippen LogP contribution >= 0.6 is 12.4 Å². The molecule has 0 bridgehead atoms. The van der Waals surface area contributed by atoms with E-state index in [0.717, 1.165) is 24.1 Å². The average molecular weight is 325 g/mol. The molecule has 3 nitrogen and oxygen atoms in total. The Hall–Kier alpha value is -1.22. The van der Waals surface area contributed by atoms with Crippen molar-refractivity contribution in [2.45, 2.75) is 53.4 Å². The normalized spacial score (nSPS) is 23.5. The summed E-state index contributed by atoms with van der Waals surface area (Å²) in [6.45, 7) is 8.92. The van der Waals surface area contributed by atoms with E-state index in [4.69, 9.17) is 5.73 Å². The van der Waals surface area contributed by atoms with Gasteiger partial charge in [0.1, 0.15) is 0 Å². The van der Waals surface area contributed by atoms with Gasteiger partial charge in [-0.2, -0.15) is 0 Å². The number of halogens is 1. The van der Waals surface area contributed by atoms with Gasteiger partial charge in [0.2, 0.25) is 5.91 Å². The molecule has 1 aromatic carbocycles. The summed E-state index contributed by atoms with van der Waals surface area (Å²) in [6.07, 6.45) is 4.18. The lowest BCUT2D eigenvalue weighted by molar-refractivity contribution is -0.117. The third-order valence-corrected chi connectivity index (χ3v) is 4.49. The molecule has 0 saturated heterocycles. The summed E-state index contributed by atoms with van der Waals surface area (Å²) >= 11 is 0. The minimum atomic E-state index is 0. The average Bonchev–Trinajstić information content (AvgIpc) is 2.31. The summed E-state index contributed by atoms with van der Waals surface area (Å²) in [4.78, 5) is 12.3. The fourth-order valence-corrected chi connectivity index (χ4v) is 3.94. The molecule has 2 atom stereocenters. The zero-order valence-electron chi connectivity index (χ0n) is 14.1. The van der Waals surface area contributed by atoms with E-state index in [0.29, 0.717) is 29.4 Å². The Labute approximate surface area is 140 Å². The van der Waals surface area contributed by atoms with Crippen LogP contribution in [0, 0.1) is 24.2 Å². The predicted octanol–water partition coefficient (Wildman–Crippen LogP) is 4.79. The van der Waals surface area contributed by atoms with Crippen molar-refractivity contribution < 1.29 is 4.79 Å². The van der Waals surface area contributed by atoms with E-state index < -0.39 is 0 Å². The lowest BCUT2D eigenvalue weighted by Crippen LogP contribution is -2.30. The van der Waals surface area contributed by atoms with Gasteiger partial charge in [-0.05, 0) is 61.1 Å². The lowest BCUT2D eigenvalue weighted by Gasteiger charge is -2.38. The standard InChI is InChI=1S/C18H28N2O.ClH/c1-12-7-14(11-18(3,4)10-12)8-17(21)20-16-9-15(19)6-5-13(16)2;/h5-6,9,12,14H,7-8,10-11,19H2,1-4H3,(H,20,21);1H. The molecule has 3 N–H and O–H groups in total. The maximum absolute atomic E-state index is 12.3. The van der Waals surface area contributed by atoms with Crippen molar-refractivity contribution in [2.75, 3.05) is 11.1 Å². The topological polar surface area (TPSA) is 55.1 Å². The number of benzene rings is 1. The highest BCUT2D eigenvalue weighted by atomic mass is 35.5. The van der Waals surface area contributed by atoms with Crippen LogP contribution in [0.25, 0.3) is 0 Å². The number of hydrogen-bond donors (Lipinski definition) is 2. The predicted molar refractivity (Wildman–Crippen MR) is 96.4 cm³/mol. The number of carbonyl (C=O) groups excluding carboxylic acids is 1. The number of nitrogens with one attached hydrogen (secondary N) is 1. The van der Waals surface area contributed by atoms with Crippen LogP contribution in [0.5, 0.6) is 0 Å². The van der Waals surface area contributed by atoms with Crippen LogP contribution < -0.4 is 11.1 Å². The molecular weight excluding hydrogens is 296 g/mol. The van der Waals surface area contributed by atoms with Crippen LogP contribution in [0.1, 0.15) is 52.0 Å². The highest BCUT2D eigenvalue weighted by molar-refractivity contribution is 5.92. The van der Waals surface area contributed by atoms with E-state index in [2.05, 4.69) is 26.1 Å². The fraction of sp³-hybridized carbons (Fsp3) is 0.611. The Balaban J connectivity index is 0.00000242. The van der Waals surface area contributed by atoms with Gasteiger partial charge >= 0.3 is 0 Å². The van der Waals surface area contributed by atoms with Crippen LogP contribution in [0.15, 0.2) is 18.2 Å². The van der Waals surface area contributed by atoms with Gasteiger partial charge < -0.3 is 11.1 Å². The molecule has 1 saturated carbocycles. The van der Waals surface area contributed by atoms with Crippen molar-refractivity contribution in [3.05, 3.63) is 23.8 Å². The Morgan fingerprint density at radius 3 is 2.68 bits per heavy atom. The number of rotatable bonds is 3. The summed E-state index contributed by atoms with van der Waals surface area (Å²) in [5.74, 6) is 1.31. The molecule has 0 aliphatic heterocycles. The van der Waals surface area contributed by atoms with Crippen molar-refractivity contribution in [2.24, 2.45) is 17.3 Å². The first-order valence-corrected chi connectivity index (χ1v) is 7.91. The number of nitrogens with two attached hydrogens (primary N) is 1. The number of anilines is 2. The van der Waals surface area contributed by atoms with Crippen molar-refractivity contribution in [1.29, 1.82) is 0 Å². The molecule has 4 heteroatoms. The Morgan fingerprint density at radius 2 is 2.05 bits per heavy atom. The summed E-state index contributed by atoms with van der Waals surface area (Å²) in [5.41, 5.74) is 8.72. The van der Waals surface area contributed by atoms with Crippen LogP contribution in [0.3, 0.4) is 0 Å². The first-order chi connectivity index (χ1) is 9.75. The SMILES string of the molecule is Cc1ccc(N)cc1NC(=O)CC1CC(C)CC(C)(C)C1.Cl. The van der Waals surface area contributed by atoms with Crippen molar-refractivity contribution in [3.8, 4) is 0 Å². The van der Waals surface area contributed by atoms with E-state index in [1.807, 2.05) is 25.1 Å². The molecular formula is C18H29ClN2O. The van der Waals surface area contributed by atoms with E-state index in [1.165, 1.54) is 6.42 Å². The fourth-order valence-electron chi connectivity index (χ4n) is 3.94. The molecule has 22 heavy (non-hydrogen) atoms. The highest BCUT2D eigenvalue weighted by Gasteiger charge is 2.32. The Morgan fingerprint density at radius 1 is 1.36 bits per heavy atom. The van der Waals surface area contributed by atoms with E-state index in [-0.39, 0.29) is 18.3 Å². The Kier molecular flexibility index (Phi) is 6.30. The summed E-state index contributed by atoms with van der Waals surface area (Å²) < 4.78 is 0. The van der Waals surface area contributed by atoms with E-state index in [9.17, 15) is 4.79 Å². The van der Waals surface area contributed by atoms with Gasteiger partial charge in [-0.1, -0.05) is 26.8 Å². The van der Waals surface area contributed by atoms with Crippen LogP contribution in [-0.2, 0) is 4.79 Å². The Bertz CT molecular complexity index is 528. The number of nitrogen functional groups attached to an aromatic ring is 1. The molecule has 1 aliphatic rings. The monoisotopic (exact) mass is 324 g/mol. The molecule has 0 radical (unpaired) electrons. The van der Waals surface area contributed by atoms with Crippen molar-refractivity contribution >= 4 is 29.7 Å².